The molecule has 0 unspecified atom stereocenters. The molecule has 2 rings (SSSR count). The van der Waals surface area contributed by atoms with Crippen molar-refractivity contribution in [3.8, 4) is 0 Å². The Morgan fingerprint density at radius 2 is 2.26 bits per heavy atom. The first-order chi connectivity index (χ1) is 9.30. The highest BCUT2D eigenvalue weighted by Gasteiger charge is 2.31. The minimum atomic E-state index is 0.611. The third-order valence-electron chi connectivity index (χ3n) is 3.37. The van der Waals surface area contributed by atoms with E-state index in [1.807, 2.05) is 18.4 Å². The molecule has 0 radical (unpaired) electrons. The van der Waals surface area contributed by atoms with E-state index in [1.54, 1.807) is 7.11 Å². The molecule has 0 amide bonds. The Bertz CT molecular complexity index is 367. The molecule has 5 heteroatoms. The van der Waals surface area contributed by atoms with E-state index in [4.69, 9.17) is 9.72 Å². The molecule has 1 saturated carbocycles. The molecule has 4 nitrogen and oxygen atoms in total. The summed E-state index contributed by atoms with van der Waals surface area (Å²) < 4.78 is 5.26. The van der Waals surface area contributed by atoms with Crippen LogP contribution in [0.2, 0.25) is 0 Å². The molecule has 1 heterocycles. The average molecular weight is 283 g/mol. The van der Waals surface area contributed by atoms with E-state index >= 15 is 0 Å². The van der Waals surface area contributed by atoms with E-state index in [1.165, 1.54) is 35.7 Å². The lowest BCUT2D eigenvalue weighted by molar-refractivity contribution is 0.181. The van der Waals surface area contributed by atoms with Crippen LogP contribution >= 0.6 is 11.3 Å². The molecule has 1 aromatic rings. The summed E-state index contributed by atoms with van der Waals surface area (Å²) in [5.74, 6) is 0. The van der Waals surface area contributed by atoms with Crippen LogP contribution in [0.25, 0.3) is 0 Å². The lowest BCUT2D eigenvalue weighted by Crippen LogP contribution is -2.26. The molecular formula is C14H25N3OS. The van der Waals surface area contributed by atoms with Gasteiger partial charge in [-0.2, -0.15) is 0 Å². The first-order valence-electron chi connectivity index (χ1n) is 7.18. The number of aromatic nitrogens is 1. The van der Waals surface area contributed by atoms with Crippen molar-refractivity contribution in [1.29, 1.82) is 0 Å². The number of hydrogen-bond donors (Lipinski definition) is 1. The standard InChI is InChI=1S/C14H25N3OS/c1-4-5-8-17(11-6-7-11)14-16-12(10-18-3)13(19-14)9-15-2/h11,15H,4-10H2,1-3H3. The smallest absolute Gasteiger partial charge is 0.186 e. The van der Waals surface area contributed by atoms with Crippen molar-refractivity contribution >= 4 is 16.5 Å². The number of anilines is 1. The molecule has 1 aliphatic rings. The van der Waals surface area contributed by atoms with Crippen molar-refractivity contribution in [1.82, 2.24) is 10.3 Å². The molecular weight excluding hydrogens is 258 g/mol. The molecule has 1 aromatic heterocycles. The summed E-state index contributed by atoms with van der Waals surface area (Å²) in [7, 11) is 3.71. The predicted molar refractivity (Wildman–Crippen MR) is 80.9 cm³/mol. The molecule has 0 saturated heterocycles. The average Bonchev–Trinajstić information content (AvgIpc) is 3.16. The lowest BCUT2D eigenvalue weighted by Gasteiger charge is -2.20. The molecule has 19 heavy (non-hydrogen) atoms. The van der Waals surface area contributed by atoms with E-state index in [2.05, 4.69) is 17.1 Å². The Morgan fingerprint density at radius 3 is 2.84 bits per heavy atom. The van der Waals surface area contributed by atoms with Crippen LogP contribution in [-0.2, 0) is 17.9 Å². The Morgan fingerprint density at radius 1 is 1.47 bits per heavy atom. The quantitative estimate of drug-likeness (QED) is 0.756. The fraction of sp³-hybridized carbons (Fsp3) is 0.786. The number of methoxy groups -OCH3 is 1. The van der Waals surface area contributed by atoms with Crippen molar-refractivity contribution in [2.75, 3.05) is 25.6 Å². The molecule has 108 valence electrons. The van der Waals surface area contributed by atoms with Gasteiger partial charge in [-0.1, -0.05) is 13.3 Å². The number of thiazole rings is 1. The van der Waals surface area contributed by atoms with Gasteiger partial charge in [0.05, 0.1) is 12.3 Å². The lowest BCUT2D eigenvalue weighted by atomic mass is 10.3. The van der Waals surface area contributed by atoms with Crippen molar-refractivity contribution in [2.24, 2.45) is 0 Å². The zero-order valence-corrected chi connectivity index (χ0v) is 13.1. The summed E-state index contributed by atoms with van der Waals surface area (Å²) in [4.78, 5) is 8.63. The maximum atomic E-state index is 5.26. The third-order valence-corrected chi connectivity index (χ3v) is 4.51. The van der Waals surface area contributed by atoms with Gasteiger partial charge in [-0.3, -0.25) is 0 Å². The number of nitrogens with zero attached hydrogens (tertiary/aromatic N) is 2. The van der Waals surface area contributed by atoms with Crippen LogP contribution < -0.4 is 10.2 Å². The van der Waals surface area contributed by atoms with Gasteiger partial charge < -0.3 is 15.0 Å². The Balaban J connectivity index is 2.13. The van der Waals surface area contributed by atoms with Crippen LogP contribution in [0.15, 0.2) is 0 Å². The van der Waals surface area contributed by atoms with E-state index in [0.717, 1.165) is 24.8 Å². The van der Waals surface area contributed by atoms with Gasteiger partial charge in [0.1, 0.15) is 0 Å². The summed E-state index contributed by atoms with van der Waals surface area (Å²) in [5, 5.41) is 4.41. The molecule has 1 aliphatic carbocycles. The summed E-state index contributed by atoms with van der Waals surface area (Å²) in [6, 6.07) is 0.732. The maximum Gasteiger partial charge on any atom is 0.186 e. The fourth-order valence-electron chi connectivity index (χ4n) is 2.19. The van der Waals surface area contributed by atoms with Crippen LogP contribution in [0.5, 0.6) is 0 Å². The highest BCUT2D eigenvalue weighted by atomic mass is 32.1. The van der Waals surface area contributed by atoms with E-state index in [-0.39, 0.29) is 0 Å². The first kappa shape index (κ1) is 14.8. The summed E-state index contributed by atoms with van der Waals surface area (Å²) in [5.41, 5.74) is 1.10. The number of hydrogen-bond acceptors (Lipinski definition) is 5. The topological polar surface area (TPSA) is 37.4 Å². The molecule has 1 fully saturated rings. The largest absolute Gasteiger partial charge is 0.378 e. The van der Waals surface area contributed by atoms with Crippen LogP contribution in [0.3, 0.4) is 0 Å². The molecule has 0 bridgehead atoms. The molecule has 0 aromatic carbocycles. The van der Waals surface area contributed by atoms with Crippen molar-refractivity contribution in [3.05, 3.63) is 10.6 Å². The first-order valence-corrected chi connectivity index (χ1v) is 8.00. The van der Waals surface area contributed by atoms with Gasteiger partial charge in [-0.15, -0.1) is 11.3 Å². The minimum absolute atomic E-state index is 0.611. The fourth-order valence-corrected chi connectivity index (χ4v) is 3.36. The number of rotatable bonds is 9. The Labute approximate surface area is 120 Å². The molecule has 0 atom stereocenters. The molecule has 0 spiro atoms. The highest BCUT2D eigenvalue weighted by molar-refractivity contribution is 7.15. The molecule has 0 aliphatic heterocycles. The third kappa shape index (κ3) is 3.91. The van der Waals surface area contributed by atoms with E-state index in [9.17, 15) is 0 Å². The number of ether oxygens (including phenoxy) is 1. The Kier molecular flexibility index (Phi) is 5.60. The van der Waals surface area contributed by atoms with Crippen molar-refractivity contribution in [2.45, 2.75) is 51.8 Å². The zero-order chi connectivity index (χ0) is 13.7. The van der Waals surface area contributed by atoms with E-state index in [0.29, 0.717) is 6.61 Å². The van der Waals surface area contributed by atoms with Gasteiger partial charge in [-0.05, 0) is 26.3 Å². The van der Waals surface area contributed by atoms with Crippen molar-refractivity contribution < 1.29 is 4.74 Å². The summed E-state index contributed by atoms with van der Waals surface area (Å²) >= 11 is 1.82. The van der Waals surface area contributed by atoms with Gasteiger partial charge in [-0.25, -0.2) is 4.98 Å². The van der Waals surface area contributed by atoms with Crippen LogP contribution in [0, 0.1) is 0 Å². The van der Waals surface area contributed by atoms with Gasteiger partial charge in [0, 0.05) is 31.1 Å². The Hall–Kier alpha value is -0.650. The van der Waals surface area contributed by atoms with Crippen LogP contribution in [0.4, 0.5) is 5.13 Å². The second-order valence-corrected chi connectivity index (χ2v) is 6.17. The summed E-state index contributed by atoms with van der Waals surface area (Å²) in [6.07, 6.45) is 5.13. The second kappa shape index (κ2) is 7.22. The second-order valence-electron chi connectivity index (χ2n) is 5.11. The van der Waals surface area contributed by atoms with Crippen LogP contribution in [-0.4, -0.2) is 31.7 Å². The predicted octanol–water partition coefficient (Wildman–Crippen LogP) is 2.78. The SMILES string of the molecule is CCCCN(c1nc(COC)c(CNC)s1)C1CC1. The normalized spacial score (nSPS) is 14.9. The van der Waals surface area contributed by atoms with Gasteiger partial charge in [0.15, 0.2) is 5.13 Å². The minimum Gasteiger partial charge on any atom is -0.378 e. The molecule has 1 N–H and O–H groups in total. The monoisotopic (exact) mass is 283 g/mol. The zero-order valence-electron chi connectivity index (χ0n) is 12.2. The van der Waals surface area contributed by atoms with E-state index < -0.39 is 0 Å². The van der Waals surface area contributed by atoms with Gasteiger partial charge in [0.2, 0.25) is 0 Å². The van der Waals surface area contributed by atoms with Crippen molar-refractivity contribution in [3.63, 3.8) is 0 Å². The van der Waals surface area contributed by atoms with Gasteiger partial charge >= 0.3 is 0 Å². The van der Waals surface area contributed by atoms with Gasteiger partial charge in [0.25, 0.3) is 0 Å². The number of unbranched alkanes of at least 4 members (excludes halogenated alkanes) is 1. The maximum absolute atomic E-state index is 5.26. The number of nitrogens with one attached hydrogen (secondary N) is 1. The van der Waals surface area contributed by atoms with Crippen LogP contribution in [0.1, 0.15) is 43.2 Å². The highest BCUT2D eigenvalue weighted by Crippen LogP contribution is 2.35. The summed E-state index contributed by atoms with van der Waals surface area (Å²) in [6.45, 7) is 4.87.